The van der Waals surface area contributed by atoms with E-state index in [2.05, 4.69) is 9.47 Å². The zero-order valence-electron chi connectivity index (χ0n) is 8.84. The van der Waals surface area contributed by atoms with Crippen LogP contribution in [-0.2, 0) is 4.74 Å². The summed E-state index contributed by atoms with van der Waals surface area (Å²) in [7, 11) is 1.07. The normalized spacial score (nSPS) is 10.7. The summed E-state index contributed by atoms with van der Waals surface area (Å²) in [5.41, 5.74) is -0.804. The molecule has 0 fully saturated rings. The number of benzene rings is 1. The number of hydrogen-bond donors (Lipinski definition) is 0. The molecule has 1 aromatic carbocycles. The zero-order valence-corrected chi connectivity index (χ0v) is 9.59. The molecular weight excluding hydrogens is 275 g/mol. The van der Waals surface area contributed by atoms with Crippen LogP contribution in [-0.4, -0.2) is 19.4 Å². The Morgan fingerprint density at radius 3 is 2.50 bits per heavy atom. The molecule has 0 unspecified atom stereocenters. The van der Waals surface area contributed by atoms with Crippen LogP contribution in [0.3, 0.4) is 0 Å². The molecule has 0 aliphatic carbocycles. The summed E-state index contributed by atoms with van der Waals surface area (Å²) in [6.07, 6.45) is -4.96. The molecule has 1 aromatic rings. The fourth-order valence-electron chi connectivity index (χ4n) is 1.14. The Kier molecular flexibility index (Phi) is 4.03. The average molecular weight is 280 g/mol. The number of nitriles is 1. The van der Waals surface area contributed by atoms with Crippen LogP contribution in [0.2, 0.25) is 5.02 Å². The van der Waals surface area contributed by atoms with Crippen molar-refractivity contribution in [3.63, 3.8) is 0 Å². The number of carbonyl (C=O) groups excluding carboxylic acids is 1. The van der Waals surface area contributed by atoms with Gasteiger partial charge in [-0.1, -0.05) is 11.6 Å². The summed E-state index contributed by atoms with van der Waals surface area (Å²) < 4.78 is 44.1. The van der Waals surface area contributed by atoms with E-state index in [-0.39, 0.29) is 5.56 Å². The second-order valence-electron chi connectivity index (χ2n) is 2.95. The summed E-state index contributed by atoms with van der Waals surface area (Å²) in [4.78, 5) is 11.2. The summed E-state index contributed by atoms with van der Waals surface area (Å²) in [5, 5.41) is 8.29. The van der Waals surface area contributed by atoms with Gasteiger partial charge < -0.3 is 9.47 Å². The number of carbonyl (C=O) groups is 1. The molecule has 0 radical (unpaired) electrons. The topological polar surface area (TPSA) is 59.3 Å². The zero-order chi connectivity index (χ0) is 13.9. The lowest BCUT2D eigenvalue weighted by molar-refractivity contribution is -0.274. The number of hydrogen-bond acceptors (Lipinski definition) is 4. The third kappa shape index (κ3) is 3.05. The monoisotopic (exact) mass is 279 g/mol. The molecule has 18 heavy (non-hydrogen) atoms. The maximum absolute atomic E-state index is 12.0. The van der Waals surface area contributed by atoms with Gasteiger partial charge in [-0.05, 0) is 12.1 Å². The summed E-state index contributed by atoms with van der Waals surface area (Å²) in [6, 6.07) is 3.25. The fourth-order valence-corrected chi connectivity index (χ4v) is 1.42. The molecule has 0 N–H and O–H groups in total. The van der Waals surface area contributed by atoms with E-state index >= 15 is 0 Å². The number of ether oxygens (including phenoxy) is 2. The average Bonchev–Trinajstić information content (AvgIpc) is 2.26. The quantitative estimate of drug-likeness (QED) is 0.781. The molecular formula is C10H5ClF3NO3. The highest BCUT2D eigenvalue weighted by Crippen LogP contribution is 2.33. The van der Waals surface area contributed by atoms with Crippen molar-refractivity contribution in [3.05, 3.63) is 28.3 Å². The molecule has 0 atom stereocenters. The van der Waals surface area contributed by atoms with Crippen LogP contribution < -0.4 is 4.74 Å². The molecule has 0 saturated heterocycles. The second-order valence-corrected chi connectivity index (χ2v) is 3.33. The first kappa shape index (κ1) is 14.1. The maximum Gasteiger partial charge on any atom is 0.573 e. The van der Waals surface area contributed by atoms with Gasteiger partial charge in [0.15, 0.2) is 0 Å². The number of rotatable bonds is 2. The lowest BCUT2D eigenvalue weighted by atomic mass is 10.1. The van der Waals surface area contributed by atoms with Crippen molar-refractivity contribution in [2.24, 2.45) is 0 Å². The van der Waals surface area contributed by atoms with Gasteiger partial charge in [-0.2, -0.15) is 5.26 Å². The largest absolute Gasteiger partial charge is 0.573 e. The Bertz CT molecular complexity index is 522. The van der Waals surface area contributed by atoms with Gasteiger partial charge in [0, 0.05) is 0 Å². The Hall–Kier alpha value is -1.94. The Balaban J connectivity index is 3.31. The van der Waals surface area contributed by atoms with Gasteiger partial charge >= 0.3 is 12.3 Å². The molecule has 0 aliphatic heterocycles. The van der Waals surface area contributed by atoms with E-state index in [0.717, 1.165) is 19.2 Å². The molecule has 0 aliphatic rings. The molecule has 8 heteroatoms. The van der Waals surface area contributed by atoms with Crippen molar-refractivity contribution in [3.8, 4) is 11.8 Å². The highest BCUT2D eigenvalue weighted by atomic mass is 35.5. The van der Waals surface area contributed by atoms with Crippen LogP contribution in [0.5, 0.6) is 5.75 Å². The van der Waals surface area contributed by atoms with Gasteiger partial charge in [-0.3, -0.25) is 0 Å². The van der Waals surface area contributed by atoms with E-state index in [0.29, 0.717) is 0 Å². The first-order valence-corrected chi connectivity index (χ1v) is 4.74. The van der Waals surface area contributed by atoms with Crippen molar-refractivity contribution in [1.29, 1.82) is 5.26 Å². The number of halogens is 4. The molecule has 0 saturated carbocycles. The predicted octanol–water partition coefficient (Wildman–Crippen LogP) is 2.90. The van der Waals surface area contributed by atoms with Crippen LogP contribution in [0.15, 0.2) is 12.1 Å². The van der Waals surface area contributed by atoms with Crippen LogP contribution in [0.25, 0.3) is 0 Å². The smallest absolute Gasteiger partial charge is 0.465 e. The maximum atomic E-state index is 12.0. The van der Waals surface area contributed by atoms with Crippen LogP contribution in [0.1, 0.15) is 15.9 Å². The van der Waals surface area contributed by atoms with Crippen LogP contribution in [0.4, 0.5) is 13.2 Å². The highest BCUT2D eigenvalue weighted by Gasteiger charge is 2.33. The predicted molar refractivity (Wildman–Crippen MR) is 54.2 cm³/mol. The third-order valence-electron chi connectivity index (χ3n) is 1.85. The first-order valence-electron chi connectivity index (χ1n) is 4.36. The third-order valence-corrected chi connectivity index (χ3v) is 2.24. The number of nitrogens with zero attached hydrogens (tertiary/aromatic N) is 1. The minimum atomic E-state index is -4.96. The van der Waals surface area contributed by atoms with Gasteiger partial charge in [-0.15, -0.1) is 13.2 Å². The van der Waals surface area contributed by atoms with Gasteiger partial charge in [0.2, 0.25) is 0 Å². The van der Waals surface area contributed by atoms with Gasteiger partial charge in [0.05, 0.1) is 17.7 Å². The standard InChI is InChI=1S/C10H5ClF3NO3/c1-17-9(16)5-2-3-7(18-10(12,13)14)6(4-15)8(5)11/h2-3H,1H3. The SMILES string of the molecule is COC(=O)c1ccc(OC(F)(F)F)c(C#N)c1Cl. The van der Waals surface area contributed by atoms with E-state index in [9.17, 15) is 18.0 Å². The molecule has 0 bridgehead atoms. The fraction of sp³-hybridized carbons (Fsp3) is 0.200. The van der Waals surface area contributed by atoms with E-state index in [1.165, 1.54) is 6.07 Å². The lowest BCUT2D eigenvalue weighted by Gasteiger charge is -2.12. The van der Waals surface area contributed by atoms with Crippen LogP contribution in [0, 0.1) is 11.3 Å². The molecule has 1 rings (SSSR count). The van der Waals surface area contributed by atoms with Crippen molar-refractivity contribution in [2.45, 2.75) is 6.36 Å². The van der Waals surface area contributed by atoms with Gasteiger partial charge in [0.1, 0.15) is 17.4 Å². The Morgan fingerprint density at radius 2 is 2.06 bits per heavy atom. The van der Waals surface area contributed by atoms with Crippen molar-refractivity contribution >= 4 is 17.6 Å². The van der Waals surface area contributed by atoms with E-state index in [1.54, 1.807) is 0 Å². The molecule has 4 nitrogen and oxygen atoms in total. The molecule has 0 spiro atoms. The molecule has 0 heterocycles. The van der Waals surface area contributed by atoms with E-state index in [1.807, 2.05) is 0 Å². The number of esters is 1. The molecule has 0 amide bonds. The Labute approximate surface area is 104 Å². The van der Waals surface area contributed by atoms with Gasteiger partial charge in [-0.25, -0.2) is 4.79 Å². The van der Waals surface area contributed by atoms with Crippen molar-refractivity contribution < 1.29 is 27.4 Å². The number of methoxy groups -OCH3 is 1. The molecule has 96 valence electrons. The van der Waals surface area contributed by atoms with Crippen molar-refractivity contribution in [1.82, 2.24) is 0 Å². The van der Waals surface area contributed by atoms with E-state index in [4.69, 9.17) is 16.9 Å². The van der Waals surface area contributed by atoms with Gasteiger partial charge in [0.25, 0.3) is 0 Å². The summed E-state index contributed by atoms with van der Waals surface area (Å²) >= 11 is 5.65. The van der Waals surface area contributed by atoms with Crippen LogP contribution >= 0.6 is 11.6 Å². The Morgan fingerprint density at radius 1 is 1.44 bits per heavy atom. The second kappa shape index (κ2) is 5.14. The van der Waals surface area contributed by atoms with E-state index < -0.39 is 28.7 Å². The number of alkyl halides is 3. The van der Waals surface area contributed by atoms with Crippen molar-refractivity contribution in [2.75, 3.05) is 7.11 Å². The molecule has 0 aromatic heterocycles. The summed E-state index contributed by atoms with van der Waals surface area (Å²) in [6.45, 7) is 0. The highest BCUT2D eigenvalue weighted by molar-refractivity contribution is 6.35. The minimum Gasteiger partial charge on any atom is -0.465 e. The first-order chi connectivity index (χ1) is 8.30. The summed E-state index contributed by atoms with van der Waals surface area (Å²) in [5.74, 6) is -1.64. The lowest BCUT2D eigenvalue weighted by Crippen LogP contribution is -2.18. The minimum absolute atomic E-state index is 0.217.